The summed E-state index contributed by atoms with van der Waals surface area (Å²) in [7, 11) is 0. The van der Waals surface area contributed by atoms with Gasteiger partial charge in [-0.3, -0.25) is 9.59 Å². The SMILES string of the molecule is NC(=O)Cc1ccc(NC(=O)c2nn(-c3ccc(F)cc3)c3c2CCCC3)cc1. The Kier molecular flexibility index (Phi) is 5.12. The van der Waals surface area contributed by atoms with Gasteiger partial charge in [0.05, 0.1) is 12.1 Å². The Labute approximate surface area is 167 Å². The van der Waals surface area contributed by atoms with Crippen LogP contribution < -0.4 is 11.1 Å². The molecule has 0 spiro atoms. The lowest BCUT2D eigenvalue weighted by Gasteiger charge is -2.14. The molecule has 4 rings (SSSR count). The second kappa shape index (κ2) is 7.87. The van der Waals surface area contributed by atoms with Crippen LogP contribution in [0.3, 0.4) is 0 Å². The number of hydrogen-bond donors (Lipinski definition) is 2. The third-order valence-corrected chi connectivity index (χ3v) is 5.06. The third-order valence-electron chi connectivity index (χ3n) is 5.06. The molecule has 29 heavy (non-hydrogen) atoms. The van der Waals surface area contributed by atoms with Gasteiger partial charge in [0, 0.05) is 16.9 Å². The molecule has 1 aliphatic rings. The van der Waals surface area contributed by atoms with Crippen LogP contribution in [0, 0.1) is 5.82 Å². The van der Waals surface area contributed by atoms with Gasteiger partial charge < -0.3 is 11.1 Å². The minimum absolute atomic E-state index is 0.157. The zero-order valence-corrected chi connectivity index (χ0v) is 15.8. The number of hydrogen-bond acceptors (Lipinski definition) is 3. The van der Waals surface area contributed by atoms with Crippen LogP contribution in [0.2, 0.25) is 0 Å². The van der Waals surface area contributed by atoms with E-state index in [0.717, 1.165) is 48.2 Å². The highest BCUT2D eigenvalue weighted by Crippen LogP contribution is 2.27. The number of amides is 2. The Hall–Kier alpha value is -3.48. The van der Waals surface area contributed by atoms with Crippen LogP contribution in [-0.2, 0) is 24.1 Å². The topological polar surface area (TPSA) is 90.0 Å². The van der Waals surface area contributed by atoms with Crippen molar-refractivity contribution in [2.75, 3.05) is 5.32 Å². The number of aromatic nitrogens is 2. The van der Waals surface area contributed by atoms with Crippen LogP contribution in [-0.4, -0.2) is 21.6 Å². The summed E-state index contributed by atoms with van der Waals surface area (Å²) in [5.74, 6) is -1.00. The number of nitrogens with zero attached hydrogens (tertiary/aromatic N) is 2. The summed E-state index contributed by atoms with van der Waals surface area (Å²) in [5.41, 5.74) is 9.68. The van der Waals surface area contributed by atoms with Crippen LogP contribution in [0.5, 0.6) is 0 Å². The van der Waals surface area contributed by atoms with E-state index in [-0.39, 0.29) is 18.1 Å². The third kappa shape index (κ3) is 4.03. The summed E-state index contributed by atoms with van der Waals surface area (Å²) in [6.07, 6.45) is 3.81. The number of primary amides is 1. The van der Waals surface area contributed by atoms with E-state index >= 15 is 0 Å². The zero-order chi connectivity index (χ0) is 20.4. The van der Waals surface area contributed by atoms with E-state index in [2.05, 4.69) is 10.4 Å². The van der Waals surface area contributed by atoms with Crippen molar-refractivity contribution in [3.8, 4) is 5.69 Å². The molecule has 2 amide bonds. The first-order chi connectivity index (χ1) is 14.0. The number of rotatable bonds is 5. The average molecular weight is 392 g/mol. The van der Waals surface area contributed by atoms with E-state index in [9.17, 15) is 14.0 Å². The van der Waals surface area contributed by atoms with Gasteiger partial charge in [-0.2, -0.15) is 5.10 Å². The van der Waals surface area contributed by atoms with E-state index in [0.29, 0.717) is 11.4 Å². The molecule has 0 fully saturated rings. The van der Waals surface area contributed by atoms with Crippen LogP contribution in [0.25, 0.3) is 5.69 Å². The molecule has 0 atom stereocenters. The largest absolute Gasteiger partial charge is 0.369 e. The van der Waals surface area contributed by atoms with Crippen molar-refractivity contribution in [1.29, 1.82) is 0 Å². The van der Waals surface area contributed by atoms with E-state index in [1.165, 1.54) is 12.1 Å². The molecule has 7 heteroatoms. The fourth-order valence-electron chi connectivity index (χ4n) is 3.67. The molecule has 3 aromatic rings. The molecular weight excluding hydrogens is 371 g/mol. The second-order valence-corrected chi connectivity index (χ2v) is 7.16. The van der Waals surface area contributed by atoms with Crippen molar-refractivity contribution in [3.63, 3.8) is 0 Å². The standard InChI is InChI=1S/C22H21FN4O2/c23-15-7-11-17(12-8-15)27-19-4-2-1-3-18(19)21(26-27)22(29)25-16-9-5-14(6-10-16)13-20(24)28/h5-12H,1-4,13H2,(H2,24,28)(H,25,29). The van der Waals surface area contributed by atoms with Crippen molar-refractivity contribution in [2.24, 2.45) is 5.73 Å². The quantitative estimate of drug-likeness (QED) is 0.699. The normalized spacial score (nSPS) is 13.0. The maximum atomic E-state index is 13.3. The molecule has 0 unspecified atom stereocenters. The summed E-state index contributed by atoms with van der Waals surface area (Å²) in [5, 5.41) is 7.44. The highest BCUT2D eigenvalue weighted by Gasteiger charge is 2.25. The van der Waals surface area contributed by atoms with Gasteiger partial charge in [0.1, 0.15) is 5.82 Å². The highest BCUT2D eigenvalue weighted by atomic mass is 19.1. The summed E-state index contributed by atoms with van der Waals surface area (Å²) in [4.78, 5) is 23.9. The lowest BCUT2D eigenvalue weighted by atomic mass is 9.95. The van der Waals surface area contributed by atoms with Gasteiger partial charge >= 0.3 is 0 Å². The minimum atomic E-state index is -0.403. The van der Waals surface area contributed by atoms with Crippen molar-refractivity contribution in [2.45, 2.75) is 32.1 Å². The van der Waals surface area contributed by atoms with Gasteiger partial charge in [0.25, 0.3) is 5.91 Å². The summed E-state index contributed by atoms with van der Waals surface area (Å²) in [6.45, 7) is 0. The number of nitrogens with two attached hydrogens (primary N) is 1. The first-order valence-corrected chi connectivity index (χ1v) is 9.56. The minimum Gasteiger partial charge on any atom is -0.369 e. The van der Waals surface area contributed by atoms with Gasteiger partial charge in [0.15, 0.2) is 5.69 Å². The number of carbonyl (C=O) groups is 2. The van der Waals surface area contributed by atoms with Crippen LogP contribution in [0.15, 0.2) is 48.5 Å². The lowest BCUT2D eigenvalue weighted by Crippen LogP contribution is -2.16. The molecule has 0 radical (unpaired) electrons. The molecule has 0 bridgehead atoms. The van der Waals surface area contributed by atoms with Crippen LogP contribution in [0.4, 0.5) is 10.1 Å². The average Bonchev–Trinajstić information content (AvgIpc) is 3.10. The van der Waals surface area contributed by atoms with Gasteiger partial charge in [0.2, 0.25) is 5.91 Å². The predicted molar refractivity (Wildman–Crippen MR) is 107 cm³/mol. The number of fused-ring (bicyclic) bond motifs is 1. The molecule has 1 heterocycles. The Morgan fingerprint density at radius 3 is 2.41 bits per heavy atom. The van der Waals surface area contributed by atoms with Crippen molar-refractivity contribution in [1.82, 2.24) is 9.78 Å². The molecule has 0 aliphatic heterocycles. The van der Waals surface area contributed by atoms with Crippen molar-refractivity contribution in [3.05, 3.63) is 76.9 Å². The van der Waals surface area contributed by atoms with Gasteiger partial charge in [-0.25, -0.2) is 9.07 Å². The Morgan fingerprint density at radius 1 is 1.03 bits per heavy atom. The monoisotopic (exact) mass is 392 g/mol. The Morgan fingerprint density at radius 2 is 1.72 bits per heavy atom. The number of carbonyl (C=O) groups excluding carboxylic acids is 2. The van der Waals surface area contributed by atoms with Crippen LogP contribution in [0.1, 0.15) is 40.2 Å². The molecule has 148 valence electrons. The summed E-state index contributed by atoms with van der Waals surface area (Å²) < 4.78 is 15.0. The molecular formula is C22H21FN4O2. The molecule has 6 nitrogen and oxygen atoms in total. The summed E-state index contributed by atoms with van der Waals surface area (Å²) >= 11 is 0. The fourth-order valence-corrected chi connectivity index (χ4v) is 3.67. The van der Waals surface area contributed by atoms with Crippen LogP contribution >= 0.6 is 0 Å². The van der Waals surface area contributed by atoms with Gasteiger partial charge in [-0.05, 0) is 67.6 Å². The number of halogens is 1. The number of nitrogens with one attached hydrogen (secondary N) is 1. The van der Waals surface area contributed by atoms with Gasteiger partial charge in [-0.1, -0.05) is 12.1 Å². The number of anilines is 1. The van der Waals surface area contributed by atoms with E-state index < -0.39 is 5.91 Å². The molecule has 3 N–H and O–H groups in total. The Balaban J connectivity index is 1.61. The van der Waals surface area contributed by atoms with Crippen molar-refractivity contribution < 1.29 is 14.0 Å². The first kappa shape index (κ1) is 18.9. The number of benzene rings is 2. The maximum absolute atomic E-state index is 13.3. The highest BCUT2D eigenvalue weighted by molar-refractivity contribution is 6.04. The predicted octanol–water partition coefficient (Wildman–Crippen LogP) is 3.17. The Bertz CT molecular complexity index is 1060. The second-order valence-electron chi connectivity index (χ2n) is 7.16. The van der Waals surface area contributed by atoms with E-state index in [1.807, 2.05) is 0 Å². The van der Waals surface area contributed by atoms with Crippen molar-refractivity contribution >= 4 is 17.5 Å². The van der Waals surface area contributed by atoms with E-state index in [1.54, 1.807) is 41.1 Å². The molecule has 0 saturated heterocycles. The maximum Gasteiger partial charge on any atom is 0.276 e. The summed E-state index contributed by atoms with van der Waals surface area (Å²) in [6, 6.07) is 13.1. The van der Waals surface area contributed by atoms with E-state index in [4.69, 9.17) is 5.73 Å². The fraction of sp³-hybridized carbons (Fsp3) is 0.227. The van der Waals surface area contributed by atoms with Gasteiger partial charge in [-0.15, -0.1) is 0 Å². The first-order valence-electron chi connectivity index (χ1n) is 9.56. The molecule has 1 aromatic heterocycles. The molecule has 0 saturated carbocycles. The lowest BCUT2D eigenvalue weighted by molar-refractivity contribution is -0.117. The smallest absolute Gasteiger partial charge is 0.276 e. The zero-order valence-electron chi connectivity index (χ0n) is 15.8. The molecule has 1 aliphatic carbocycles. The molecule has 2 aromatic carbocycles.